The highest BCUT2D eigenvalue weighted by atomic mass is 16.5. The number of esters is 1. The number of hydrogen-bond donors (Lipinski definition) is 1. The summed E-state index contributed by atoms with van der Waals surface area (Å²) in [6.45, 7) is 7.25. The Bertz CT molecular complexity index is 326. The average Bonchev–Trinajstić information content (AvgIpc) is 3.29. The average molecular weight is 298 g/mol. The maximum absolute atomic E-state index is 11.9. The summed E-state index contributed by atoms with van der Waals surface area (Å²) in [7, 11) is 5.70. The molecule has 6 heteroatoms. The molecule has 1 heterocycles. The molecule has 21 heavy (non-hydrogen) atoms. The normalized spacial score (nSPS) is 22.5. The van der Waals surface area contributed by atoms with Gasteiger partial charge < -0.3 is 15.0 Å². The molecular formula is C15H30N4O2. The molecule has 6 nitrogen and oxygen atoms in total. The monoisotopic (exact) mass is 298 g/mol. The van der Waals surface area contributed by atoms with Crippen LogP contribution in [0.25, 0.3) is 0 Å². The molecule has 0 radical (unpaired) electrons. The van der Waals surface area contributed by atoms with Gasteiger partial charge in [-0.3, -0.25) is 14.6 Å². The molecule has 1 atom stereocenters. The van der Waals surface area contributed by atoms with Crippen molar-refractivity contribution in [3.8, 4) is 0 Å². The third kappa shape index (κ3) is 5.90. The van der Waals surface area contributed by atoms with Crippen LogP contribution in [0.2, 0.25) is 0 Å². The Hall–Kier alpha value is -0.690. The van der Waals surface area contributed by atoms with E-state index < -0.39 is 0 Å². The van der Waals surface area contributed by atoms with Crippen molar-refractivity contribution in [2.75, 3.05) is 67.0 Å². The van der Waals surface area contributed by atoms with Crippen molar-refractivity contribution >= 4 is 5.97 Å². The Labute approximate surface area is 128 Å². The highest BCUT2D eigenvalue weighted by Gasteiger charge is 2.31. The first-order chi connectivity index (χ1) is 10.1. The van der Waals surface area contributed by atoms with E-state index in [1.807, 2.05) is 0 Å². The molecule has 0 amide bonds. The van der Waals surface area contributed by atoms with Gasteiger partial charge in [-0.15, -0.1) is 0 Å². The SMILES string of the molecule is COC(=O)C(CN1CCN(CCN(C)C)CC1)NC1CC1. The lowest BCUT2D eigenvalue weighted by molar-refractivity contribution is -0.143. The van der Waals surface area contributed by atoms with Crippen LogP contribution < -0.4 is 5.32 Å². The maximum Gasteiger partial charge on any atom is 0.324 e. The van der Waals surface area contributed by atoms with E-state index in [1.54, 1.807) is 0 Å². The van der Waals surface area contributed by atoms with Crippen molar-refractivity contribution in [2.24, 2.45) is 0 Å². The lowest BCUT2D eigenvalue weighted by atomic mass is 10.2. The van der Waals surface area contributed by atoms with Gasteiger partial charge in [-0.1, -0.05) is 0 Å². The largest absolute Gasteiger partial charge is 0.468 e. The van der Waals surface area contributed by atoms with Crippen molar-refractivity contribution in [3.05, 3.63) is 0 Å². The van der Waals surface area contributed by atoms with Crippen LogP contribution in [0, 0.1) is 0 Å². The highest BCUT2D eigenvalue weighted by molar-refractivity contribution is 5.76. The van der Waals surface area contributed by atoms with Gasteiger partial charge in [0.15, 0.2) is 0 Å². The molecule has 0 aromatic carbocycles. The second kappa shape index (κ2) is 8.08. The van der Waals surface area contributed by atoms with Gasteiger partial charge in [-0.25, -0.2) is 0 Å². The van der Waals surface area contributed by atoms with Crippen molar-refractivity contribution in [1.29, 1.82) is 0 Å². The van der Waals surface area contributed by atoms with Gasteiger partial charge in [-0.05, 0) is 26.9 Å². The Balaban J connectivity index is 1.71. The minimum Gasteiger partial charge on any atom is -0.468 e. The van der Waals surface area contributed by atoms with E-state index in [9.17, 15) is 4.79 Å². The van der Waals surface area contributed by atoms with Gasteiger partial charge in [0.25, 0.3) is 0 Å². The molecule has 2 fully saturated rings. The predicted octanol–water partition coefficient (Wildman–Crippen LogP) is -0.541. The number of carbonyl (C=O) groups excluding carboxylic acids is 1. The standard InChI is InChI=1S/C15H30N4O2/c1-17(2)6-7-18-8-10-19(11-9-18)12-14(15(20)21-3)16-13-4-5-13/h13-14,16H,4-12H2,1-3H3. The molecular weight excluding hydrogens is 268 g/mol. The second-order valence-electron chi connectivity index (χ2n) is 6.46. The third-order valence-electron chi connectivity index (χ3n) is 4.27. The highest BCUT2D eigenvalue weighted by Crippen LogP contribution is 2.20. The van der Waals surface area contributed by atoms with Crippen LogP contribution in [0.3, 0.4) is 0 Å². The van der Waals surface area contributed by atoms with Gasteiger partial charge in [0.1, 0.15) is 6.04 Å². The summed E-state index contributed by atoms with van der Waals surface area (Å²) in [6, 6.07) is 0.353. The van der Waals surface area contributed by atoms with Crippen molar-refractivity contribution < 1.29 is 9.53 Å². The van der Waals surface area contributed by atoms with E-state index in [1.165, 1.54) is 20.0 Å². The third-order valence-corrected chi connectivity index (χ3v) is 4.27. The first-order valence-corrected chi connectivity index (χ1v) is 8.02. The van der Waals surface area contributed by atoms with Crippen LogP contribution in [0.15, 0.2) is 0 Å². The molecule has 1 unspecified atom stereocenters. The van der Waals surface area contributed by atoms with Gasteiger partial charge in [0.05, 0.1) is 7.11 Å². The first kappa shape index (κ1) is 16.7. The summed E-state index contributed by atoms with van der Waals surface area (Å²) in [5.74, 6) is -0.128. The van der Waals surface area contributed by atoms with Crippen molar-refractivity contribution in [2.45, 2.75) is 24.9 Å². The molecule has 1 saturated carbocycles. The quantitative estimate of drug-likeness (QED) is 0.607. The number of nitrogens with one attached hydrogen (secondary N) is 1. The molecule has 0 spiro atoms. The number of ether oxygens (including phenoxy) is 1. The maximum atomic E-state index is 11.9. The number of methoxy groups -OCH3 is 1. The molecule has 0 aromatic heterocycles. The fourth-order valence-electron chi connectivity index (χ4n) is 2.67. The fraction of sp³-hybridized carbons (Fsp3) is 0.933. The number of nitrogens with zero attached hydrogens (tertiary/aromatic N) is 3. The molecule has 1 aliphatic heterocycles. The summed E-state index contributed by atoms with van der Waals surface area (Å²) in [6.07, 6.45) is 2.37. The summed E-state index contributed by atoms with van der Waals surface area (Å²) < 4.78 is 4.92. The number of carbonyl (C=O) groups is 1. The number of likely N-dealkylation sites (N-methyl/N-ethyl adjacent to an activating group) is 1. The lowest BCUT2D eigenvalue weighted by Crippen LogP contribution is -2.53. The molecule has 1 aliphatic carbocycles. The van der Waals surface area contributed by atoms with Gasteiger partial charge >= 0.3 is 5.97 Å². The van der Waals surface area contributed by atoms with E-state index in [0.29, 0.717) is 6.04 Å². The van der Waals surface area contributed by atoms with Crippen LogP contribution in [0.4, 0.5) is 0 Å². The van der Waals surface area contributed by atoms with Gasteiger partial charge in [0, 0.05) is 51.9 Å². The lowest BCUT2D eigenvalue weighted by Gasteiger charge is -2.36. The smallest absolute Gasteiger partial charge is 0.324 e. The fourth-order valence-corrected chi connectivity index (χ4v) is 2.67. The molecule has 0 aromatic rings. The predicted molar refractivity (Wildman–Crippen MR) is 83.4 cm³/mol. The summed E-state index contributed by atoms with van der Waals surface area (Å²) in [5.41, 5.74) is 0. The number of rotatable bonds is 8. The zero-order valence-corrected chi connectivity index (χ0v) is 13.7. The zero-order valence-electron chi connectivity index (χ0n) is 13.7. The van der Waals surface area contributed by atoms with Crippen LogP contribution in [0.1, 0.15) is 12.8 Å². The van der Waals surface area contributed by atoms with Gasteiger partial charge in [-0.2, -0.15) is 0 Å². The van der Waals surface area contributed by atoms with Crippen molar-refractivity contribution in [3.63, 3.8) is 0 Å². The Morgan fingerprint density at radius 3 is 2.38 bits per heavy atom. The van der Waals surface area contributed by atoms with Crippen LogP contribution in [0.5, 0.6) is 0 Å². The molecule has 0 bridgehead atoms. The van der Waals surface area contributed by atoms with E-state index in [0.717, 1.165) is 45.8 Å². The zero-order chi connectivity index (χ0) is 15.2. The van der Waals surface area contributed by atoms with Crippen LogP contribution in [-0.4, -0.2) is 99.8 Å². The van der Waals surface area contributed by atoms with Gasteiger partial charge in [0.2, 0.25) is 0 Å². The molecule has 2 rings (SSSR count). The van der Waals surface area contributed by atoms with Crippen LogP contribution in [-0.2, 0) is 9.53 Å². The summed E-state index contributed by atoms with van der Waals surface area (Å²) in [5, 5.41) is 3.40. The minimum atomic E-state index is -0.171. The second-order valence-corrected chi connectivity index (χ2v) is 6.46. The van der Waals surface area contributed by atoms with Crippen LogP contribution >= 0.6 is 0 Å². The molecule has 122 valence electrons. The Morgan fingerprint density at radius 1 is 1.24 bits per heavy atom. The topological polar surface area (TPSA) is 48.1 Å². The van der Waals surface area contributed by atoms with E-state index >= 15 is 0 Å². The summed E-state index contributed by atoms with van der Waals surface area (Å²) >= 11 is 0. The minimum absolute atomic E-state index is 0.128. The van der Waals surface area contributed by atoms with E-state index in [4.69, 9.17) is 4.74 Å². The van der Waals surface area contributed by atoms with E-state index in [2.05, 4.69) is 34.1 Å². The van der Waals surface area contributed by atoms with E-state index in [-0.39, 0.29) is 12.0 Å². The Kier molecular flexibility index (Phi) is 6.41. The molecule has 2 aliphatic rings. The van der Waals surface area contributed by atoms with Crippen molar-refractivity contribution in [1.82, 2.24) is 20.0 Å². The first-order valence-electron chi connectivity index (χ1n) is 8.02. The Morgan fingerprint density at radius 2 is 1.86 bits per heavy atom. The number of piperazine rings is 1. The molecule has 1 N–H and O–H groups in total. The number of hydrogen-bond acceptors (Lipinski definition) is 6. The summed E-state index contributed by atoms with van der Waals surface area (Å²) in [4.78, 5) is 19.0. The molecule has 1 saturated heterocycles.